The number of rotatable bonds is 7. The second-order valence-corrected chi connectivity index (χ2v) is 6.89. The quantitative estimate of drug-likeness (QED) is 0.803. The van der Waals surface area contributed by atoms with E-state index in [9.17, 15) is 4.79 Å². The molecule has 0 heterocycles. The minimum absolute atomic E-state index is 0.0602. The van der Waals surface area contributed by atoms with Gasteiger partial charge >= 0.3 is 0 Å². The predicted molar refractivity (Wildman–Crippen MR) is 86.5 cm³/mol. The summed E-state index contributed by atoms with van der Waals surface area (Å²) in [6.45, 7) is 5.03. The first-order valence-electron chi connectivity index (χ1n) is 8.29. The summed E-state index contributed by atoms with van der Waals surface area (Å²) in [5.74, 6) is 2.54. The van der Waals surface area contributed by atoms with Crippen LogP contribution in [0.4, 0.5) is 5.69 Å². The largest absolute Gasteiger partial charge is 0.382 e. The van der Waals surface area contributed by atoms with Crippen molar-refractivity contribution in [2.24, 2.45) is 17.8 Å². The van der Waals surface area contributed by atoms with Crippen molar-refractivity contribution < 1.29 is 4.79 Å². The Morgan fingerprint density at radius 1 is 1.14 bits per heavy atom. The Balaban J connectivity index is 1.62. The molecule has 114 valence electrons. The zero-order valence-electron chi connectivity index (χ0n) is 13.1. The van der Waals surface area contributed by atoms with Crippen LogP contribution in [0.2, 0.25) is 0 Å². The average molecular weight is 286 g/mol. The molecule has 0 bridgehead atoms. The van der Waals surface area contributed by atoms with Gasteiger partial charge in [-0.15, -0.1) is 0 Å². The maximum Gasteiger partial charge on any atom is 0.253 e. The van der Waals surface area contributed by atoms with Gasteiger partial charge in [0, 0.05) is 18.3 Å². The van der Waals surface area contributed by atoms with E-state index in [4.69, 9.17) is 0 Å². The number of amides is 1. The first-order chi connectivity index (χ1) is 10.1. The summed E-state index contributed by atoms with van der Waals surface area (Å²) in [4.78, 5) is 12.5. The van der Waals surface area contributed by atoms with Crippen LogP contribution >= 0.6 is 0 Å². The number of hydrogen-bond donors (Lipinski definition) is 2. The summed E-state index contributed by atoms with van der Waals surface area (Å²) in [5.41, 5.74) is 1.69. The molecule has 2 aliphatic carbocycles. The molecule has 1 amide bonds. The third-order valence-electron chi connectivity index (χ3n) is 4.57. The number of hydrogen-bond acceptors (Lipinski definition) is 2. The molecule has 2 N–H and O–H groups in total. The van der Waals surface area contributed by atoms with E-state index in [-0.39, 0.29) is 5.91 Å². The molecule has 2 aliphatic rings. The molecule has 0 atom stereocenters. The molecule has 3 rings (SSSR count). The van der Waals surface area contributed by atoms with Crippen molar-refractivity contribution in [3.8, 4) is 0 Å². The molecule has 0 aromatic heterocycles. The lowest BCUT2D eigenvalue weighted by Gasteiger charge is -2.18. The van der Waals surface area contributed by atoms with Crippen molar-refractivity contribution in [3.05, 3.63) is 29.8 Å². The molecule has 0 spiro atoms. The monoisotopic (exact) mass is 286 g/mol. The van der Waals surface area contributed by atoms with Crippen LogP contribution in [0.3, 0.4) is 0 Å². The van der Waals surface area contributed by atoms with Crippen LogP contribution in [0.5, 0.6) is 0 Å². The molecule has 21 heavy (non-hydrogen) atoms. The summed E-state index contributed by atoms with van der Waals surface area (Å²) in [6.07, 6.45) is 5.45. The van der Waals surface area contributed by atoms with Gasteiger partial charge in [0.05, 0.1) is 5.56 Å². The molecule has 2 fully saturated rings. The van der Waals surface area contributed by atoms with E-state index in [1.54, 1.807) is 0 Å². The van der Waals surface area contributed by atoms with Gasteiger partial charge in [-0.05, 0) is 69.4 Å². The highest BCUT2D eigenvalue weighted by Gasteiger charge is 2.41. The van der Waals surface area contributed by atoms with Crippen molar-refractivity contribution in [2.45, 2.75) is 45.6 Å². The van der Waals surface area contributed by atoms with E-state index >= 15 is 0 Å². The minimum Gasteiger partial charge on any atom is -0.382 e. The van der Waals surface area contributed by atoms with Gasteiger partial charge in [-0.2, -0.15) is 0 Å². The molecule has 0 radical (unpaired) electrons. The maximum absolute atomic E-state index is 12.5. The van der Waals surface area contributed by atoms with Crippen LogP contribution in [0.1, 0.15) is 49.9 Å². The number of carbonyl (C=O) groups excluding carboxylic acids is 1. The fraction of sp³-hybridized carbons (Fsp3) is 0.611. The van der Waals surface area contributed by atoms with Crippen LogP contribution in [-0.2, 0) is 0 Å². The second-order valence-electron chi connectivity index (χ2n) is 6.89. The summed E-state index contributed by atoms with van der Waals surface area (Å²) in [6, 6.07) is 8.11. The molecule has 3 heteroatoms. The van der Waals surface area contributed by atoms with Gasteiger partial charge < -0.3 is 10.6 Å². The van der Waals surface area contributed by atoms with Crippen molar-refractivity contribution in [1.82, 2.24) is 5.32 Å². The van der Waals surface area contributed by atoms with Gasteiger partial charge in [0.15, 0.2) is 0 Å². The third kappa shape index (κ3) is 3.78. The third-order valence-corrected chi connectivity index (χ3v) is 4.57. The van der Waals surface area contributed by atoms with Gasteiger partial charge in [0.1, 0.15) is 0 Å². The van der Waals surface area contributed by atoms with Crippen LogP contribution in [0.15, 0.2) is 24.3 Å². The van der Waals surface area contributed by atoms with E-state index in [1.165, 1.54) is 25.7 Å². The normalized spacial score (nSPS) is 18.1. The average Bonchev–Trinajstić information content (AvgIpc) is 3.32. The summed E-state index contributed by atoms with van der Waals surface area (Å²) in [5, 5.41) is 6.53. The zero-order chi connectivity index (χ0) is 14.8. The summed E-state index contributed by atoms with van der Waals surface area (Å²) in [7, 11) is 0. The van der Waals surface area contributed by atoms with Crippen molar-refractivity contribution in [1.29, 1.82) is 0 Å². The Morgan fingerprint density at radius 3 is 2.33 bits per heavy atom. The molecule has 3 nitrogen and oxygen atoms in total. The van der Waals surface area contributed by atoms with Gasteiger partial charge in [0.2, 0.25) is 0 Å². The van der Waals surface area contributed by atoms with Crippen molar-refractivity contribution in [3.63, 3.8) is 0 Å². The summed E-state index contributed by atoms with van der Waals surface area (Å²) < 4.78 is 0. The van der Waals surface area contributed by atoms with Crippen LogP contribution < -0.4 is 10.6 Å². The van der Waals surface area contributed by atoms with E-state index in [2.05, 4.69) is 24.5 Å². The lowest BCUT2D eigenvalue weighted by Crippen LogP contribution is -2.31. The van der Waals surface area contributed by atoms with Crippen LogP contribution in [0, 0.1) is 17.8 Å². The smallest absolute Gasteiger partial charge is 0.253 e. The molecule has 0 saturated heterocycles. The molecule has 2 saturated carbocycles. The Bertz CT molecular complexity index is 492. The lowest BCUT2D eigenvalue weighted by molar-refractivity contribution is 0.0944. The van der Waals surface area contributed by atoms with Crippen molar-refractivity contribution in [2.75, 3.05) is 11.9 Å². The van der Waals surface area contributed by atoms with Gasteiger partial charge in [0.25, 0.3) is 5.91 Å². The second kappa shape index (κ2) is 6.08. The Kier molecular flexibility index (Phi) is 4.18. The fourth-order valence-corrected chi connectivity index (χ4v) is 3.19. The highest BCUT2D eigenvalue weighted by Crippen LogP contribution is 2.48. The molecule has 0 unspecified atom stereocenters. The highest BCUT2D eigenvalue weighted by atomic mass is 16.1. The van der Waals surface area contributed by atoms with Crippen LogP contribution in [-0.4, -0.2) is 18.5 Å². The standard InChI is InChI=1S/C18H26N2O/c1-12(2)20-17-6-4-3-5-15(17)18(21)19-11-16(13-7-8-13)14-9-10-14/h3-6,12-14,16,20H,7-11H2,1-2H3,(H,19,21). The SMILES string of the molecule is CC(C)Nc1ccccc1C(=O)NCC(C1CC1)C1CC1. The predicted octanol–water partition coefficient (Wildman–Crippen LogP) is 3.67. The molecular formula is C18H26N2O. The number of benzene rings is 1. The number of anilines is 1. The highest BCUT2D eigenvalue weighted by molar-refractivity contribution is 5.99. The Morgan fingerprint density at radius 2 is 1.76 bits per heavy atom. The molecule has 1 aromatic rings. The number of nitrogens with one attached hydrogen (secondary N) is 2. The Labute approximate surface area is 127 Å². The van der Waals surface area contributed by atoms with Gasteiger partial charge in [-0.25, -0.2) is 0 Å². The summed E-state index contributed by atoms with van der Waals surface area (Å²) >= 11 is 0. The number of carbonyl (C=O) groups is 1. The first kappa shape index (κ1) is 14.4. The fourth-order valence-electron chi connectivity index (χ4n) is 3.19. The maximum atomic E-state index is 12.5. The van der Waals surface area contributed by atoms with E-state index < -0.39 is 0 Å². The van der Waals surface area contributed by atoms with Crippen LogP contribution in [0.25, 0.3) is 0 Å². The molecular weight excluding hydrogens is 260 g/mol. The number of para-hydroxylation sites is 1. The van der Waals surface area contributed by atoms with E-state index in [1.807, 2.05) is 24.3 Å². The van der Waals surface area contributed by atoms with Crippen molar-refractivity contribution >= 4 is 11.6 Å². The minimum atomic E-state index is 0.0602. The topological polar surface area (TPSA) is 41.1 Å². The first-order valence-corrected chi connectivity index (χ1v) is 8.29. The molecule has 0 aliphatic heterocycles. The van der Waals surface area contributed by atoms with Gasteiger partial charge in [-0.1, -0.05) is 12.1 Å². The molecule has 1 aromatic carbocycles. The Hall–Kier alpha value is -1.51. The van der Waals surface area contributed by atoms with E-state index in [0.29, 0.717) is 6.04 Å². The van der Waals surface area contributed by atoms with E-state index in [0.717, 1.165) is 35.5 Å². The zero-order valence-corrected chi connectivity index (χ0v) is 13.1. The van der Waals surface area contributed by atoms with Gasteiger partial charge in [-0.3, -0.25) is 4.79 Å². The lowest BCUT2D eigenvalue weighted by atomic mass is 9.98.